The molecule has 1 unspecified atom stereocenters. The molecule has 0 spiro atoms. The summed E-state index contributed by atoms with van der Waals surface area (Å²) in [6.45, 7) is 8.24. The summed E-state index contributed by atoms with van der Waals surface area (Å²) in [5.74, 6) is 0.170. The average molecular weight is 244 g/mol. The van der Waals surface area contributed by atoms with E-state index in [1.807, 2.05) is 27.7 Å². The second kappa shape index (κ2) is 4.28. The molecule has 92 valence electrons. The average Bonchev–Trinajstić information content (AvgIpc) is 2.42. The fourth-order valence-corrected chi connectivity index (χ4v) is 2.59. The van der Waals surface area contributed by atoms with Crippen LogP contribution in [0, 0.1) is 5.41 Å². The van der Waals surface area contributed by atoms with Gasteiger partial charge in [0.15, 0.2) is 0 Å². The summed E-state index contributed by atoms with van der Waals surface area (Å²) >= 11 is 4.24. The first-order chi connectivity index (χ1) is 7.30. The van der Waals surface area contributed by atoms with E-state index >= 15 is 0 Å². The molecule has 0 aromatic heterocycles. The maximum absolute atomic E-state index is 12.3. The molecule has 4 nitrogen and oxygen atoms in total. The third-order valence-corrected chi connectivity index (χ3v) is 3.61. The Hall–Kier alpha value is -0.710. The highest BCUT2D eigenvalue weighted by Gasteiger charge is 2.56. The van der Waals surface area contributed by atoms with Crippen molar-refractivity contribution in [2.24, 2.45) is 5.41 Å². The van der Waals surface area contributed by atoms with Crippen LogP contribution in [0.3, 0.4) is 0 Å². The van der Waals surface area contributed by atoms with Crippen LogP contribution in [0.25, 0.3) is 0 Å². The van der Waals surface area contributed by atoms with Crippen molar-refractivity contribution in [3.05, 3.63) is 0 Å². The lowest BCUT2D eigenvalue weighted by Gasteiger charge is -2.37. The number of hydrogen-bond donors (Lipinski definition) is 2. The number of carbonyl (C=O) groups is 2. The zero-order chi connectivity index (χ0) is 12.6. The predicted molar refractivity (Wildman–Crippen MR) is 66.6 cm³/mol. The third kappa shape index (κ3) is 1.81. The summed E-state index contributed by atoms with van der Waals surface area (Å²) in [6.07, 6.45) is 0.770. The molecule has 1 saturated heterocycles. The van der Waals surface area contributed by atoms with Crippen LogP contribution in [0.4, 0.5) is 4.79 Å². The maximum Gasteiger partial charge on any atom is 0.325 e. The van der Waals surface area contributed by atoms with E-state index in [-0.39, 0.29) is 17.4 Å². The number of nitrogens with one attached hydrogen (secondary N) is 1. The summed E-state index contributed by atoms with van der Waals surface area (Å²) in [6, 6.07) is -0.296. The maximum atomic E-state index is 12.3. The molecule has 1 fully saturated rings. The lowest BCUT2D eigenvalue weighted by atomic mass is 9.74. The molecule has 0 aromatic carbocycles. The first-order valence-electron chi connectivity index (χ1n) is 5.55. The van der Waals surface area contributed by atoms with Gasteiger partial charge in [0.2, 0.25) is 0 Å². The van der Waals surface area contributed by atoms with Crippen LogP contribution in [0.5, 0.6) is 0 Å². The Labute approximate surface area is 102 Å². The molecule has 1 atom stereocenters. The standard InChI is InChI=1S/C11H20N2O2S/c1-5-6-13-8(14)11(7-16,10(2,3)4)12-9(13)15/h16H,5-7H2,1-4H3,(H,12,15). The van der Waals surface area contributed by atoms with E-state index in [1.54, 1.807) is 0 Å². The lowest BCUT2D eigenvalue weighted by molar-refractivity contribution is -0.133. The highest BCUT2D eigenvalue weighted by Crippen LogP contribution is 2.36. The number of amides is 3. The number of urea groups is 1. The van der Waals surface area contributed by atoms with E-state index in [9.17, 15) is 9.59 Å². The molecule has 0 radical (unpaired) electrons. The second-order valence-electron chi connectivity index (χ2n) is 5.20. The third-order valence-electron chi connectivity index (χ3n) is 3.14. The molecule has 1 aliphatic heterocycles. The summed E-state index contributed by atoms with van der Waals surface area (Å²) in [5.41, 5.74) is -1.22. The Morgan fingerprint density at radius 1 is 1.38 bits per heavy atom. The van der Waals surface area contributed by atoms with E-state index in [2.05, 4.69) is 17.9 Å². The number of rotatable bonds is 3. The van der Waals surface area contributed by atoms with E-state index in [1.165, 1.54) is 4.90 Å². The van der Waals surface area contributed by atoms with E-state index in [0.29, 0.717) is 12.3 Å². The number of hydrogen-bond acceptors (Lipinski definition) is 3. The molecule has 0 saturated carbocycles. The SMILES string of the molecule is CCCN1C(=O)NC(CS)(C(C)(C)C)C1=O. The van der Waals surface area contributed by atoms with Gasteiger partial charge in [0.25, 0.3) is 5.91 Å². The minimum Gasteiger partial charge on any atom is -0.322 e. The minimum atomic E-state index is -0.873. The van der Waals surface area contributed by atoms with Crippen molar-refractivity contribution >= 4 is 24.6 Å². The van der Waals surface area contributed by atoms with Crippen LogP contribution < -0.4 is 5.32 Å². The Morgan fingerprint density at radius 2 is 1.94 bits per heavy atom. The van der Waals surface area contributed by atoms with Gasteiger partial charge in [0.05, 0.1) is 0 Å². The molecule has 0 aliphatic carbocycles. The molecule has 0 aromatic rings. The van der Waals surface area contributed by atoms with Gasteiger partial charge in [-0.15, -0.1) is 0 Å². The summed E-state index contributed by atoms with van der Waals surface area (Å²) in [5, 5.41) is 2.80. The van der Waals surface area contributed by atoms with Crippen molar-refractivity contribution in [1.29, 1.82) is 0 Å². The van der Waals surface area contributed by atoms with Crippen molar-refractivity contribution in [2.75, 3.05) is 12.3 Å². The molecule has 1 N–H and O–H groups in total. The molecule has 1 aliphatic rings. The van der Waals surface area contributed by atoms with Gasteiger partial charge < -0.3 is 5.32 Å². The van der Waals surface area contributed by atoms with Gasteiger partial charge in [-0.1, -0.05) is 27.7 Å². The Balaban J connectivity index is 3.09. The monoisotopic (exact) mass is 244 g/mol. The van der Waals surface area contributed by atoms with Gasteiger partial charge in [-0.3, -0.25) is 9.69 Å². The fourth-order valence-electron chi connectivity index (χ4n) is 1.91. The minimum absolute atomic E-state index is 0.151. The van der Waals surface area contributed by atoms with Gasteiger partial charge in [-0.2, -0.15) is 12.6 Å². The Bertz CT molecular complexity index is 312. The van der Waals surface area contributed by atoms with Crippen LogP contribution in [0.1, 0.15) is 34.1 Å². The highest BCUT2D eigenvalue weighted by molar-refractivity contribution is 7.80. The zero-order valence-corrected chi connectivity index (χ0v) is 11.2. The van der Waals surface area contributed by atoms with Gasteiger partial charge >= 0.3 is 6.03 Å². The van der Waals surface area contributed by atoms with Crippen LogP contribution in [-0.4, -0.2) is 34.7 Å². The molecule has 0 bridgehead atoms. The first kappa shape index (κ1) is 13.4. The fraction of sp³-hybridized carbons (Fsp3) is 0.818. The smallest absolute Gasteiger partial charge is 0.322 e. The van der Waals surface area contributed by atoms with Crippen molar-refractivity contribution in [3.8, 4) is 0 Å². The van der Waals surface area contributed by atoms with E-state index < -0.39 is 5.54 Å². The van der Waals surface area contributed by atoms with Gasteiger partial charge in [-0.05, 0) is 11.8 Å². The van der Waals surface area contributed by atoms with E-state index in [0.717, 1.165) is 6.42 Å². The van der Waals surface area contributed by atoms with Gasteiger partial charge in [0, 0.05) is 12.3 Å². The summed E-state index contributed by atoms with van der Waals surface area (Å²) < 4.78 is 0. The van der Waals surface area contributed by atoms with Gasteiger partial charge in [0.1, 0.15) is 5.54 Å². The largest absolute Gasteiger partial charge is 0.325 e. The topological polar surface area (TPSA) is 49.4 Å². The summed E-state index contributed by atoms with van der Waals surface area (Å²) in [4.78, 5) is 25.3. The van der Waals surface area contributed by atoms with Crippen LogP contribution in [-0.2, 0) is 4.79 Å². The lowest BCUT2D eigenvalue weighted by Crippen LogP contribution is -2.58. The second-order valence-corrected chi connectivity index (χ2v) is 5.52. The van der Waals surface area contributed by atoms with Gasteiger partial charge in [-0.25, -0.2) is 4.79 Å². The Morgan fingerprint density at radius 3 is 2.25 bits per heavy atom. The molecular formula is C11H20N2O2S. The number of thiol groups is 1. The first-order valence-corrected chi connectivity index (χ1v) is 6.18. The number of imide groups is 1. The van der Waals surface area contributed by atoms with E-state index in [4.69, 9.17) is 0 Å². The molecule has 3 amide bonds. The quantitative estimate of drug-likeness (QED) is 0.586. The predicted octanol–water partition coefficient (Wildman–Crippen LogP) is 1.66. The zero-order valence-electron chi connectivity index (χ0n) is 10.3. The highest BCUT2D eigenvalue weighted by atomic mass is 32.1. The van der Waals surface area contributed by atoms with Crippen LogP contribution in [0.15, 0.2) is 0 Å². The number of nitrogens with zero attached hydrogens (tertiary/aromatic N) is 1. The molecule has 5 heteroatoms. The summed E-state index contributed by atoms with van der Waals surface area (Å²) in [7, 11) is 0. The molecule has 1 heterocycles. The van der Waals surface area contributed by atoms with Crippen molar-refractivity contribution in [1.82, 2.24) is 10.2 Å². The van der Waals surface area contributed by atoms with Crippen LogP contribution in [0.2, 0.25) is 0 Å². The van der Waals surface area contributed by atoms with Crippen molar-refractivity contribution in [3.63, 3.8) is 0 Å². The van der Waals surface area contributed by atoms with Crippen LogP contribution >= 0.6 is 12.6 Å². The Kier molecular flexibility index (Phi) is 3.57. The van der Waals surface area contributed by atoms with Crippen molar-refractivity contribution < 1.29 is 9.59 Å². The molecule has 1 rings (SSSR count). The molecular weight excluding hydrogens is 224 g/mol. The van der Waals surface area contributed by atoms with Crippen molar-refractivity contribution in [2.45, 2.75) is 39.7 Å². The molecule has 16 heavy (non-hydrogen) atoms. The normalized spacial score (nSPS) is 26.2. The number of carbonyl (C=O) groups excluding carboxylic acids is 2.